The van der Waals surface area contributed by atoms with E-state index in [2.05, 4.69) is 6.92 Å². The SMILES string of the molecule is CCC1CCN(C(=O)c2cccc(O)c2C)CC1. The van der Waals surface area contributed by atoms with E-state index >= 15 is 0 Å². The first kappa shape index (κ1) is 12.9. The Morgan fingerprint density at radius 3 is 2.67 bits per heavy atom. The first-order valence-corrected chi connectivity index (χ1v) is 6.71. The Kier molecular flexibility index (Phi) is 3.90. The molecule has 1 heterocycles. The standard InChI is InChI=1S/C15H21NO2/c1-3-12-7-9-16(10-8-12)15(18)13-5-4-6-14(17)11(13)2/h4-6,12,17H,3,7-10H2,1-2H3. The molecular weight excluding hydrogens is 226 g/mol. The van der Waals surface area contributed by atoms with Gasteiger partial charge in [0.2, 0.25) is 0 Å². The largest absolute Gasteiger partial charge is 0.508 e. The van der Waals surface area contributed by atoms with Crippen molar-refractivity contribution >= 4 is 5.91 Å². The van der Waals surface area contributed by atoms with Crippen molar-refractivity contribution in [3.05, 3.63) is 29.3 Å². The summed E-state index contributed by atoms with van der Waals surface area (Å²) in [5.74, 6) is 1.02. The van der Waals surface area contributed by atoms with Crippen LogP contribution in [0, 0.1) is 12.8 Å². The quantitative estimate of drug-likeness (QED) is 0.872. The van der Waals surface area contributed by atoms with Gasteiger partial charge in [0.1, 0.15) is 5.75 Å². The van der Waals surface area contributed by atoms with Crippen LogP contribution in [0.3, 0.4) is 0 Å². The third kappa shape index (κ3) is 2.50. The Morgan fingerprint density at radius 2 is 2.06 bits per heavy atom. The monoisotopic (exact) mass is 247 g/mol. The minimum absolute atomic E-state index is 0.0537. The Morgan fingerprint density at radius 1 is 1.39 bits per heavy atom. The molecule has 1 saturated heterocycles. The lowest BCUT2D eigenvalue weighted by atomic mass is 9.94. The molecule has 98 valence electrons. The molecule has 1 fully saturated rings. The molecule has 1 N–H and O–H groups in total. The molecule has 1 aromatic carbocycles. The number of rotatable bonds is 2. The molecule has 0 spiro atoms. The Bertz CT molecular complexity index is 434. The highest BCUT2D eigenvalue weighted by atomic mass is 16.3. The summed E-state index contributed by atoms with van der Waals surface area (Å²) in [6, 6.07) is 5.15. The summed E-state index contributed by atoms with van der Waals surface area (Å²) < 4.78 is 0. The first-order valence-electron chi connectivity index (χ1n) is 6.71. The molecule has 2 rings (SSSR count). The predicted octanol–water partition coefficient (Wildman–Crippen LogP) is 2.96. The van der Waals surface area contributed by atoms with Crippen LogP contribution in [0.2, 0.25) is 0 Å². The lowest BCUT2D eigenvalue weighted by Crippen LogP contribution is -2.38. The van der Waals surface area contributed by atoms with Crippen LogP contribution in [0.15, 0.2) is 18.2 Å². The number of nitrogens with zero attached hydrogens (tertiary/aromatic N) is 1. The molecule has 18 heavy (non-hydrogen) atoms. The van der Waals surface area contributed by atoms with Gasteiger partial charge in [-0.25, -0.2) is 0 Å². The predicted molar refractivity (Wildman–Crippen MR) is 71.8 cm³/mol. The molecule has 3 nitrogen and oxygen atoms in total. The van der Waals surface area contributed by atoms with Gasteiger partial charge in [-0.2, -0.15) is 0 Å². The molecule has 1 aromatic rings. The fourth-order valence-electron chi connectivity index (χ4n) is 2.57. The van der Waals surface area contributed by atoms with Crippen LogP contribution in [-0.2, 0) is 0 Å². The second-order valence-electron chi connectivity index (χ2n) is 5.09. The van der Waals surface area contributed by atoms with E-state index in [1.165, 1.54) is 6.42 Å². The van der Waals surface area contributed by atoms with Crippen molar-refractivity contribution in [2.75, 3.05) is 13.1 Å². The van der Waals surface area contributed by atoms with E-state index < -0.39 is 0 Å². The molecule has 0 bridgehead atoms. The number of amides is 1. The van der Waals surface area contributed by atoms with Gasteiger partial charge in [0.15, 0.2) is 0 Å². The maximum atomic E-state index is 12.4. The van der Waals surface area contributed by atoms with Crippen molar-refractivity contribution in [2.24, 2.45) is 5.92 Å². The van der Waals surface area contributed by atoms with Gasteiger partial charge in [0.05, 0.1) is 0 Å². The van der Waals surface area contributed by atoms with Crippen molar-refractivity contribution in [3.8, 4) is 5.75 Å². The lowest BCUT2D eigenvalue weighted by molar-refractivity contribution is 0.0687. The zero-order valence-electron chi connectivity index (χ0n) is 11.1. The molecule has 1 aliphatic heterocycles. The zero-order chi connectivity index (χ0) is 13.1. The average molecular weight is 247 g/mol. The Labute approximate surface area is 108 Å². The molecule has 1 aliphatic rings. The van der Waals surface area contributed by atoms with Crippen molar-refractivity contribution in [1.82, 2.24) is 4.90 Å². The van der Waals surface area contributed by atoms with E-state index in [0.29, 0.717) is 11.1 Å². The highest BCUT2D eigenvalue weighted by Gasteiger charge is 2.23. The molecule has 0 aliphatic carbocycles. The fourth-order valence-corrected chi connectivity index (χ4v) is 2.57. The summed E-state index contributed by atoms with van der Waals surface area (Å²) in [6.45, 7) is 5.68. The summed E-state index contributed by atoms with van der Waals surface area (Å²) in [6.07, 6.45) is 3.40. The summed E-state index contributed by atoms with van der Waals surface area (Å²) in [5.41, 5.74) is 1.31. The summed E-state index contributed by atoms with van der Waals surface area (Å²) in [4.78, 5) is 14.3. The van der Waals surface area contributed by atoms with Gasteiger partial charge in [0, 0.05) is 24.2 Å². The van der Waals surface area contributed by atoms with Gasteiger partial charge in [-0.1, -0.05) is 19.4 Å². The van der Waals surface area contributed by atoms with Crippen molar-refractivity contribution in [1.29, 1.82) is 0 Å². The fraction of sp³-hybridized carbons (Fsp3) is 0.533. The second-order valence-corrected chi connectivity index (χ2v) is 5.09. The van der Waals surface area contributed by atoms with E-state index in [9.17, 15) is 9.90 Å². The number of piperidine rings is 1. The molecule has 3 heteroatoms. The lowest BCUT2D eigenvalue weighted by Gasteiger charge is -2.32. The van der Waals surface area contributed by atoms with Crippen LogP contribution in [0.5, 0.6) is 5.75 Å². The van der Waals surface area contributed by atoms with Crippen LogP contribution in [0.25, 0.3) is 0 Å². The van der Waals surface area contributed by atoms with E-state index in [1.54, 1.807) is 25.1 Å². The first-order chi connectivity index (χ1) is 8.63. The van der Waals surface area contributed by atoms with Gasteiger partial charge >= 0.3 is 0 Å². The average Bonchev–Trinajstić information content (AvgIpc) is 2.41. The van der Waals surface area contributed by atoms with Crippen LogP contribution in [0.4, 0.5) is 0 Å². The number of phenolic OH excluding ortho intramolecular Hbond substituents is 1. The zero-order valence-corrected chi connectivity index (χ0v) is 11.1. The maximum Gasteiger partial charge on any atom is 0.254 e. The molecular formula is C15H21NO2. The van der Waals surface area contributed by atoms with Gasteiger partial charge in [-0.15, -0.1) is 0 Å². The van der Waals surface area contributed by atoms with Crippen molar-refractivity contribution in [2.45, 2.75) is 33.1 Å². The number of hydrogen-bond acceptors (Lipinski definition) is 2. The number of hydrogen-bond donors (Lipinski definition) is 1. The molecule has 1 amide bonds. The maximum absolute atomic E-state index is 12.4. The topological polar surface area (TPSA) is 40.5 Å². The van der Waals surface area contributed by atoms with Gasteiger partial charge in [0.25, 0.3) is 5.91 Å². The Balaban J connectivity index is 2.10. The number of phenols is 1. The second kappa shape index (κ2) is 5.42. The number of carbonyl (C=O) groups is 1. The highest BCUT2D eigenvalue weighted by molar-refractivity contribution is 5.96. The summed E-state index contributed by atoms with van der Waals surface area (Å²) >= 11 is 0. The van der Waals surface area contributed by atoms with E-state index in [-0.39, 0.29) is 11.7 Å². The third-order valence-electron chi connectivity index (χ3n) is 4.01. The van der Waals surface area contributed by atoms with Crippen LogP contribution in [0.1, 0.15) is 42.1 Å². The molecule has 0 radical (unpaired) electrons. The smallest absolute Gasteiger partial charge is 0.254 e. The molecule has 0 aromatic heterocycles. The number of benzene rings is 1. The minimum atomic E-state index is 0.0537. The normalized spacial score (nSPS) is 16.9. The number of carbonyl (C=O) groups excluding carboxylic acids is 1. The van der Waals surface area contributed by atoms with E-state index in [1.807, 2.05) is 4.90 Å². The van der Waals surface area contributed by atoms with E-state index in [0.717, 1.165) is 31.8 Å². The Hall–Kier alpha value is -1.51. The highest BCUT2D eigenvalue weighted by Crippen LogP contribution is 2.24. The van der Waals surface area contributed by atoms with Crippen LogP contribution < -0.4 is 0 Å². The minimum Gasteiger partial charge on any atom is -0.508 e. The summed E-state index contributed by atoms with van der Waals surface area (Å²) in [7, 11) is 0. The van der Waals surface area contributed by atoms with Gasteiger partial charge < -0.3 is 10.0 Å². The van der Waals surface area contributed by atoms with Crippen molar-refractivity contribution < 1.29 is 9.90 Å². The van der Waals surface area contributed by atoms with Gasteiger partial charge in [-0.3, -0.25) is 4.79 Å². The molecule has 0 saturated carbocycles. The van der Waals surface area contributed by atoms with E-state index in [4.69, 9.17) is 0 Å². The van der Waals surface area contributed by atoms with Gasteiger partial charge in [-0.05, 0) is 37.8 Å². The third-order valence-corrected chi connectivity index (χ3v) is 4.01. The number of aromatic hydroxyl groups is 1. The summed E-state index contributed by atoms with van der Waals surface area (Å²) in [5, 5.41) is 9.66. The van der Waals surface area contributed by atoms with Crippen LogP contribution in [-0.4, -0.2) is 29.0 Å². The molecule has 0 atom stereocenters. The van der Waals surface area contributed by atoms with Crippen LogP contribution >= 0.6 is 0 Å². The van der Waals surface area contributed by atoms with Crippen molar-refractivity contribution in [3.63, 3.8) is 0 Å². The molecule has 0 unspecified atom stereocenters. The number of likely N-dealkylation sites (tertiary alicyclic amines) is 1.